The number of hydrogen-bond acceptors (Lipinski definition) is 3. The zero-order valence-electron chi connectivity index (χ0n) is 12.1. The van der Waals surface area contributed by atoms with Gasteiger partial charge in [0.1, 0.15) is 5.41 Å². The summed E-state index contributed by atoms with van der Waals surface area (Å²) in [5.41, 5.74) is -1.19. The van der Waals surface area contributed by atoms with Crippen LogP contribution < -0.4 is 5.32 Å². The fourth-order valence-corrected chi connectivity index (χ4v) is 3.03. The van der Waals surface area contributed by atoms with Crippen molar-refractivity contribution in [1.82, 2.24) is 10.2 Å². The number of nitrogens with one attached hydrogen (secondary N) is 1. The van der Waals surface area contributed by atoms with Gasteiger partial charge in [-0.2, -0.15) is 0 Å². The highest BCUT2D eigenvalue weighted by Crippen LogP contribution is 2.48. The first-order chi connectivity index (χ1) is 10.0. The van der Waals surface area contributed by atoms with Crippen molar-refractivity contribution in [2.75, 3.05) is 19.6 Å². The van der Waals surface area contributed by atoms with Crippen molar-refractivity contribution in [3.05, 3.63) is 0 Å². The number of piperidine rings is 1. The molecule has 1 heterocycles. The minimum Gasteiger partial charge on any atom is -0.480 e. The molecule has 21 heavy (non-hydrogen) atoms. The minimum absolute atomic E-state index is 0.0135. The van der Waals surface area contributed by atoms with Gasteiger partial charge in [0.2, 0.25) is 11.8 Å². The number of carbonyl (C=O) groups excluding carboxylic acids is 2. The van der Waals surface area contributed by atoms with E-state index in [0.29, 0.717) is 31.8 Å². The predicted molar refractivity (Wildman–Crippen MR) is 74.3 cm³/mol. The van der Waals surface area contributed by atoms with Gasteiger partial charge >= 0.3 is 5.97 Å². The molecule has 3 fully saturated rings. The highest BCUT2D eigenvalue weighted by atomic mass is 16.4. The second-order valence-corrected chi connectivity index (χ2v) is 6.67. The number of carboxylic acids is 1. The molecular weight excluding hydrogens is 272 g/mol. The minimum atomic E-state index is -1.19. The van der Waals surface area contributed by atoms with E-state index in [1.165, 1.54) is 12.8 Å². The lowest BCUT2D eigenvalue weighted by Crippen LogP contribution is -2.49. The van der Waals surface area contributed by atoms with E-state index in [1.807, 2.05) is 0 Å². The summed E-state index contributed by atoms with van der Waals surface area (Å²) < 4.78 is 0. The van der Waals surface area contributed by atoms with E-state index in [0.717, 1.165) is 19.4 Å². The molecule has 2 saturated carbocycles. The van der Waals surface area contributed by atoms with Crippen molar-refractivity contribution >= 4 is 17.8 Å². The van der Waals surface area contributed by atoms with Crippen LogP contribution in [0.15, 0.2) is 0 Å². The lowest BCUT2D eigenvalue weighted by molar-refractivity contribution is -0.154. The van der Waals surface area contributed by atoms with Gasteiger partial charge in [-0.1, -0.05) is 0 Å². The lowest BCUT2D eigenvalue weighted by Gasteiger charge is -2.33. The SMILES string of the molecule is O=C(NCC1CC1)C1CCCN(C(=O)C2(C(=O)O)CC2)C1. The van der Waals surface area contributed by atoms with Crippen LogP contribution >= 0.6 is 0 Å². The number of amides is 2. The normalized spacial score (nSPS) is 27.0. The van der Waals surface area contributed by atoms with Crippen LogP contribution in [0.2, 0.25) is 0 Å². The Balaban J connectivity index is 1.56. The fraction of sp³-hybridized carbons (Fsp3) is 0.800. The van der Waals surface area contributed by atoms with Gasteiger partial charge in [0.05, 0.1) is 5.92 Å². The van der Waals surface area contributed by atoms with Gasteiger partial charge in [-0.25, -0.2) is 0 Å². The zero-order chi connectivity index (χ0) is 15.0. The highest BCUT2D eigenvalue weighted by Gasteiger charge is 2.58. The number of nitrogens with zero attached hydrogens (tertiary/aromatic N) is 1. The van der Waals surface area contributed by atoms with Gasteiger partial charge in [-0.15, -0.1) is 0 Å². The zero-order valence-corrected chi connectivity index (χ0v) is 12.1. The third-order valence-electron chi connectivity index (χ3n) is 4.91. The highest BCUT2D eigenvalue weighted by molar-refractivity contribution is 6.05. The first kappa shape index (κ1) is 14.4. The van der Waals surface area contributed by atoms with E-state index in [2.05, 4.69) is 5.32 Å². The molecule has 1 aliphatic heterocycles. The summed E-state index contributed by atoms with van der Waals surface area (Å²) in [5, 5.41) is 12.2. The molecule has 1 unspecified atom stereocenters. The number of aliphatic carboxylic acids is 1. The summed E-state index contributed by atoms with van der Waals surface area (Å²) in [5.74, 6) is -0.856. The van der Waals surface area contributed by atoms with Crippen molar-refractivity contribution in [3.63, 3.8) is 0 Å². The maximum Gasteiger partial charge on any atom is 0.319 e. The molecule has 1 atom stereocenters. The average Bonchev–Trinajstić information content (AvgIpc) is 3.38. The monoisotopic (exact) mass is 294 g/mol. The molecule has 2 aliphatic carbocycles. The Bertz CT molecular complexity index is 468. The molecule has 0 spiro atoms. The second kappa shape index (κ2) is 5.31. The third-order valence-corrected chi connectivity index (χ3v) is 4.91. The number of hydrogen-bond donors (Lipinski definition) is 2. The molecule has 2 N–H and O–H groups in total. The van der Waals surface area contributed by atoms with Crippen LogP contribution in [-0.4, -0.2) is 47.4 Å². The van der Waals surface area contributed by atoms with Crippen LogP contribution in [-0.2, 0) is 14.4 Å². The lowest BCUT2D eigenvalue weighted by atomic mass is 9.95. The van der Waals surface area contributed by atoms with Gasteiger partial charge in [-0.05, 0) is 44.4 Å². The molecule has 6 heteroatoms. The van der Waals surface area contributed by atoms with E-state index in [4.69, 9.17) is 0 Å². The van der Waals surface area contributed by atoms with Crippen molar-refractivity contribution in [2.24, 2.45) is 17.3 Å². The smallest absolute Gasteiger partial charge is 0.319 e. The van der Waals surface area contributed by atoms with Crippen molar-refractivity contribution in [2.45, 2.75) is 38.5 Å². The van der Waals surface area contributed by atoms with Crippen LogP contribution in [0.25, 0.3) is 0 Å². The Kier molecular flexibility index (Phi) is 3.63. The predicted octanol–water partition coefficient (Wildman–Crippen LogP) is 0.616. The molecule has 1 saturated heterocycles. The van der Waals surface area contributed by atoms with Gasteiger partial charge in [0.25, 0.3) is 0 Å². The molecule has 0 bridgehead atoms. The first-order valence-corrected chi connectivity index (χ1v) is 7.83. The van der Waals surface area contributed by atoms with Crippen molar-refractivity contribution < 1.29 is 19.5 Å². The quantitative estimate of drug-likeness (QED) is 0.728. The molecule has 0 aromatic carbocycles. The largest absolute Gasteiger partial charge is 0.480 e. The molecular formula is C15H22N2O4. The Morgan fingerprint density at radius 3 is 2.48 bits per heavy atom. The molecule has 0 aromatic rings. The molecule has 6 nitrogen and oxygen atoms in total. The van der Waals surface area contributed by atoms with E-state index >= 15 is 0 Å². The first-order valence-electron chi connectivity index (χ1n) is 7.83. The summed E-state index contributed by atoms with van der Waals surface area (Å²) in [7, 11) is 0. The number of likely N-dealkylation sites (tertiary alicyclic amines) is 1. The third kappa shape index (κ3) is 2.89. The molecule has 3 rings (SSSR count). The average molecular weight is 294 g/mol. The number of rotatable bonds is 5. The van der Waals surface area contributed by atoms with Crippen LogP contribution in [0.1, 0.15) is 38.5 Å². The van der Waals surface area contributed by atoms with Crippen molar-refractivity contribution in [3.8, 4) is 0 Å². The van der Waals surface area contributed by atoms with E-state index in [1.54, 1.807) is 4.90 Å². The topological polar surface area (TPSA) is 86.7 Å². The van der Waals surface area contributed by atoms with Crippen LogP contribution in [0.3, 0.4) is 0 Å². The molecule has 0 radical (unpaired) electrons. The molecule has 2 amide bonds. The maximum absolute atomic E-state index is 12.4. The van der Waals surface area contributed by atoms with Crippen LogP contribution in [0.4, 0.5) is 0 Å². The van der Waals surface area contributed by atoms with Crippen LogP contribution in [0.5, 0.6) is 0 Å². The van der Waals surface area contributed by atoms with Gasteiger partial charge < -0.3 is 15.3 Å². The standard InChI is InChI=1S/C15H22N2O4/c18-12(16-8-10-3-4-10)11-2-1-7-17(9-11)13(19)15(5-6-15)14(20)21/h10-11H,1-9H2,(H,16,18)(H,20,21). The Labute approximate surface area is 123 Å². The molecule has 0 aromatic heterocycles. The Hall–Kier alpha value is -1.59. The van der Waals surface area contributed by atoms with E-state index in [9.17, 15) is 19.5 Å². The Morgan fingerprint density at radius 2 is 1.90 bits per heavy atom. The van der Waals surface area contributed by atoms with Gasteiger partial charge in [0, 0.05) is 19.6 Å². The summed E-state index contributed by atoms with van der Waals surface area (Å²) >= 11 is 0. The maximum atomic E-state index is 12.4. The second-order valence-electron chi connectivity index (χ2n) is 6.67. The molecule has 116 valence electrons. The summed E-state index contributed by atoms with van der Waals surface area (Å²) in [4.78, 5) is 37.3. The van der Waals surface area contributed by atoms with Gasteiger partial charge in [0.15, 0.2) is 0 Å². The summed E-state index contributed by atoms with van der Waals surface area (Å²) in [6.45, 7) is 1.67. The molecule has 3 aliphatic rings. The van der Waals surface area contributed by atoms with E-state index < -0.39 is 11.4 Å². The van der Waals surface area contributed by atoms with Crippen LogP contribution in [0, 0.1) is 17.3 Å². The summed E-state index contributed by atoms with van der Waals surface area (Å²) in [6.07, 6.45) is 4.78. The van der Waals surface area contributed by atoms with E-state index in [-0.39, 0.29) is 17.7 Å². The van der Waals surface area contributed by atoms with Crippen molar-refractivity contribution in [1.29, 1.82) is 0 Å². The number of carboxylic acid groups (broad SMARTS) is 1. The fourth-order valence-electron chi connectivity index (χ4n) is 3.03. The van der Waals surface area contributed by atoms with Gasteiger partial charge in [-0.3, -0.25) is 14.4 Å². The number of carbonyl (C=O) groups is 3. The Morgan fingerprint density at radius 1 is 1.19 bits per heavy atom. The summed E-state index contributed by atoms with van der Waals surface area (Å²) in [6, 6.07) is 0.